The van der Waals surface area contributed by atoms with Crippen molar-refractivity contribution in [2.75, 3.05) is 32.0 Å². The van der Waals surface area contributed by atoms with Crippen LogP contribution in [0.1, 0.15) is 56.3 Å². The first-order valence-electron chi connectivity index (χ1n) is 11.7. The number of benzene rings is 1. The second-order valence-corrected chi connectivity index (χ2v) is 10.2. The third-order valence-corrected chi connectivity index (χ3v) is 7.81. The normalized spacial score (nSPS) is 21.3. The second-order valence-electron chi connectivity index (χ2n) is 9.82. The van der Waals surface area contributed by atoms with Gasteiger partial charge >= 0.3 is 6.18 Å². The molecule has 0 bridgehead atoms. The van der Waals surface area contributed by atoms with E-state index in [2.05, 4.69) is 10.6 Å². The first-order chi connectivity index (χ1) is 15.9. The summed E-state index contributed by atoms with van der Waals surface area (Å²) in [5.74, 6) is -2.23. The van der Waals surface area contributed by atoms with Gasteiger partial charge in [0.2, 0.25) is 5.60 Å². The summed E-state index contributed by atoms with van der Waals surface area (Å²) in [7, 11) is 1.55. The highest BCUT2D eigenvalue weighted by molar-refractivity contribution is 6.34. The van der Waals surface area contributed by atoms with Crippen LogP contribution in [0.4, 0.5) is 18.9 Å². The lowest BCUT2D eigenvalue weighted by Gasteiger charge is -2.40. The van der Waals surface area contributed by atoms with E-state index < -0.39 is 23.6 Å². The van der Waals surface area contributed by atoms with Crippen LogP contribution in [0.25, 0.3) is 0 Å². The molecule has 1 aliphatic carbocycles. The van der Waals surface area contributed by atoms with Crippen LogP contribution in [0, 0.1) is 17.3 Å². The average molecular weight is 504 g/mol. The van der Waals surface area contributed by atoms with Crippen molar-refractivity contribution < 1.29 is 27.9 Å². The molecule has 2 fully saturated rings. The van der Waals surface area contributed by atoms with Crippen LogP contribution in [0.3, 0.4) is 0 Å². The predicted octanol–water partition coefficient (Wildman–Crippen LogP) is 4.47. The first kappa shape index (κ1) is 26.6. The Morgan fingerprint density at radius 1 is 1.26 bits per heavy atom. The highest BCUT2D eigenvalue weighted by atomic mass is 35.5. The van der Waals surface area contributed by atoms with Crippen molar-refractivity contribution >= 4 is 29.1 Å². The summed E-state index contributed by atoms with van der Waals surface area (Å²) >= 11 is 6.17. The van der Waals surface area contributed by atoms with Crippen molar-refractivity contribution in [3.8, 4) is 0 Å². The molecule has 1 unspecified atom stereocenters. The molecule has 0 radical (unpaired) electrons. The van der Waals surface area contributed by atoms with Gasteiger partial charge in [-0.1, -0.05) is 25.4 Å². The fraction of sp³-hybridized carbons (Fsp3) is 0.667. The number of nitrogens with zero attached hydrogens (tertiary/aromatic N) is 1. The summed E-state index contributed by atoms with van der Waals surface area (Å²) in [6.45, 7) is 3.65. The zero-order chi connectivity index (χ0) is 25.3. The molecule has 1 saturated carbocycles. The number of carbonyl (C=O) groups is 2. The molecular weight excluding hydrogens is 471 g/mol. The van der Waals surface area contributed by atoms with Crippen LogP contribution in [-0.4, -0.2) is 60.3 Å². The van der Waals surface area contributed by atoms with Gasteiger partial charge in [0.1, 0.15) is 0 Å². The molecule has 1 heterocycles. The van der Waals surface area contributed by atoms with E-state index in [4.69, 9.17) is 11.6 Å². The van der Waals surface area contributed by atoms with E-state index in [9.17, 15) is 27.9 Å². The Labute approximate surface area is 203 Å². The lowest BCUT2D eigenvalue weighted by atomic mass is 9.85. The maximum Gasteiger partial charge on any atom is 0.426 e. The van der Waals surface area contributed by atoms with Crippen LogP contribution < -0.4 is 10.6 Å². The number of hydrogen-bond donors (Lipinski definition) is 3. The summed E-state index contributed by atoms with van der Waals surface area (Å²) < 4.78 is 40.3. The highest BCUT2D eigenvalue weighted by Crippen LogP contribution is 2.61. The Kier molecular flexibility index (Phi) is 7.77. The van der Waals surface area contributed by atoms with Gasteiger partial charge in [0, 0.05) is 38.3 Å². The smallest absolute Gasteiger partial charge is 0.385 e. The zero-order valence-corrected chi connectivity index (χ0v) is 20.5. The molecule has 3 rings (SSSR count). The van der Waals surface area contributed by atoms with E-state index in [1.807, 2.05) is 0 Å². The minimum atomic E-state index is -5.00. The van der Waals surface area contributed by atoms with Gasteiger partial charge in [-0.15, -0.1) is 0 Å². The fourth-order valence-corrected chi connectivity index (χ4v) is 5.34. The largest absolute Gasteiger partial charge is 0.426 e. The van der Waals surface area contributed by atoms with E-state index in [0.29, 0.717) is 29.3 Å². The third kappa shape index (κ3) is 5.15. The van der Waals surface area contributed by atoms with E-state index in [1.54, 1.807) is 25.2 Å². The lowest BCUT2D eigenvalue weighted by Crippen LogP contribution is -2.62. The minimum Gasteiger partial charge on any atom is -0.385 e. The molecule has 1 spiro atoms. The van der Waals surface area contributed by atoms with Crippen molar-refractivity contribution in [2.45, 2.75) is 57.7 Å². The van der Waals surface area contributed by atoms with Gasteiger partial charge < -0.3 is 20.6 Å². The summed E-state index contributed by atoms with van der Waals surface area (Å²) in [5, 5.41) is 16.4. The van der Waals surface area contributed by atoms with Crippen molar-refractivity contribution in [3.63, 3.8) is 0 Å². The monoisotopic (exact) mass is 503 g/mol. The number of anilines is 1. The van der Waals surface area contributed by atoms with Crippen molar-refractivity contribution in [3.05, 3.63) is 28.8 Å². The highest BCUT2D eigenvalue weighted by Gasteiger charge is 2.63. The molecule has 1 aromatic rings. The van der Waals surface area contributed by atoms with Crippen LogP contribution in [0.5, 0.6) is 0 Å². The van der Waals surface area contributed by atoms with Gasteiger partial charge in [0.05, 0.1) is 10.6 Å². The number of carbonyl (C=O) groups excluding carboxylic acids is 2. The maximum atomic E-state index is 13.4. The Morgan fingerprint density at radius 3 is 2.44 bits per heavy atom. The van der Waals surface area contributed by atoms with E-state index >= 15 is 0 Å². The molecule has 2 aliphatic rings. The number of piperidine rings is 1. The number of likely N-dealkylation sites (tertiary alicyclic amines) is 1. The number of hydrogen-bond acceptors (Lipinski definition) is 4. The molecule has 0 aromatic heterocycles. The van der Waals surface area contributed by atoms with Gasteiger partial charge in [-0.2, -0.15) is 13.2 Å². The van der Waals surface area contributed by atoms with Crippen LogP contribution >= 0.6 is 11.6 Å². The third-order valence-electron chi connectivity index (χ3n) is 7.50. The molecule has 190 valence electrons. The van der Waals surface area contributed by atoms with Crippen LogP contribution in [0.2, 0.25) is 5.02 Å². The average Bonchev–Trinajstić information content (AvgIpc) is 3.45. The SMILES string of the molecule is CNC(=O)c1ccc(NCCC[C@@H]2CC23CCN(C(=O)C(O)(C(C)C)C(F)(F)F)CC3)cc1Cl. The molecule has 6 nitrogen and oxygen atoms in total. The Hall–Kier alpha value is -2.00. The first-order valence-corrected chi connectivity index (χ1v) is 12.1. The Morgan fingerprint density at radius 2 is 1.91 bits per heavy atom. The predicted molar refractivity (Wildman–Crippen MR) is 125 cm³/mol. The summed E-state index contributed by atoms with van der Waals surface area (Å²) in [5.41, 5.74) is -1.99. The number of amides is 2. The molecule has 2 atom stereocenters. The molecule has 1 aliphatic heterocycles. The number of alkyl halides is 3. The molecule has 34 heavy (non-hydrogen) atoms. The van der Waals surface area contributed by atoms with Crippen LogP contribution in [0.15, 0.2) is 18.2 Å². The lowest BCUT2D eigenvalue weighted by molar-refractivity contribution is -0.270. The summed E-state index contributed by atoms with van der Waals surface area (Å²) in [6, 6.07) is 5.20. The minimum absolute atomic E-state index is 0.101. The van der Waals surface area contributed by atoms with Gasteiger partial charge in [-0.3, -0.25) is 9.59 Å². The maximum absolute atomic E-state index is 13.4. The van der Waals surface area contributed by atoms with Crippen molar-refractivity contribution in [1.29, 1.82) is 0 Å². The number of rotatable bonds is 8. The fourth-order valence-electron chi connectivity index (χ4n) is 5.07. The van der Waals surface area contributed by atoms with E-state index in [0.717, 1.165) is 31.5 Å². The van der Waals surface area contributed by atoms with Gasteiger partial charge in [0.25, 0.3) is 11.8 Å². The number of aliphatic hydroxyl groups is 1. The summed E-state index contributed by atoms with van der Waals surface area (Å²) in [4.78, 5) is 25.5. The van der Waals surface area contributed by atoms with Gasteiger partial charge in [0.15, 0.2) is 0 Å². The molecular formula is C24H33ClF3N3O3. The van der Waals surface area contributed by atoms with Crippen LogP contribution in [-0.2, 0) is 4.79 Å². The van der Waals surface area contributed by atoms with E-state index in [1.165, 1.54) is 18.7 Å². The second kappa shape index (κ2) is 9.93. The zero-order valence-electron chi connectivity index (χ0n) is 19.8. The number of nitrogens with one attached hydrogen (secondary N) is 2. The molecule has 10 heteroatoms. The topological polar surface area (TPSA) is 81.7 Å². The van der Waals surface area contributed by atoms with Crippen molar-refractivity contribution in [2.24, 2.45) is 17.3 Å². The standard InChI is InChI=1S/C24H33ClF3N3O3/c1-15(2)23(34,24(26,27)28)21(33)31-11-8-22(9-12-31)14-16(22)5-4-10-30-17-6-7-18(19(25)13-17)20(32)29-3/h6-7,13,15-16,30,34H,4-5,8-12,14H2,1-3H3,(H,29,32)/t16-,23?/m1/s1. The molecule has 1 aromatic carbocycles. The van der Waals surface area contributed by atoms with E-state index in [-0.39, 0.29) is 24.4 Å². The molecule has 2 amide bonds. The van der Waals surface area contributed by atoms with Crippen molar-refractivity contribution in [1.82, 2.24) is 10.2 Å². The molecule has 3 N–H and O–H groups in total. The van der Waals surface area contributed by atoms with Gasteiger partial charge in [-0.05, 0) is 61.6 Å². The summed E-state index contributed by atoms with van der Waals surface area (Å²) in [6.07, 6.45) is -0.738. The van der Waals surface area contributed by atoms with Gasteiger partial charge in [-0.25, -0.2) is 0 Å². The molecule has 1 saturated heterocycles. The Bertz CT molecular complexity index is 916. The quantitative estimate of drug-likeness (QED) is 0.457. The Balaban J connectivity index is 1.44. The number of halogens is 4.